The number of nitrogens with zero attached hydrogens (tertiary/aromatic N) is 1. The first-order valence-corrected chi connectivity index (χ1v) is 9.50. The van der Waals surface area contributed by atoms with Crippen molar-refractivity contribution in [2.75, 3.05) is 26.8 Å². The highest BCUT2D eigenvalue weighted by Gasteiger charge is 2.23. The number of hydrogen-bond donors (Lipinski definition) is 1. The van der Waals surface area contributed by atoms with Crippen molar-refractivity contribution in [2.24, 2.45) is 0 Å². The number of carbonyl (C=O) groups excluding carboxylic acids is 2. The second kappa shape index (κ2) is 9.94. The van der Waals surface area contributed by atoms with E-state index >= 15 is 0 Å². The first-order valence-electron chi connectivity index (χ1n) is 9.50. The number of nitrogens with one attached hydrogen (secondary N) is 1. The lowest BCUT2D eigenvalue weighted by Crippen LogP contribution is -2.38. The Kier molecular flexibility index (Phi) is 7.08. The van der Waals surface area contributed by atoms with Crippen LogP contribution >= 0.6 is 0 Å². The molecule has 1 saturated heterocycles. The van der Waals surface area contributed by atoms with Gasteiger partial charge in [0.05, 0.1) is 19.5 Å². The Labute approximate surface area is 164 Å². The van der Waals surface area contributed by atoms with Crippen LogP contribution in [0.2, 0.25) is 0 Å². The highest BCUT2D eigenvalue weighted by molar-refractivity contribution is 5.91. The Morgan fingerprint density at radius 2 is 2.11 bits per heavy atom. The molecule has 0 spiro atoms. The van der Waals surface area contributed by atoms with Gasteiger partial charge in [-0.25, -0.2) is 0 Å². The maximum absolute atomic E-state index is 12.9. The molecular formula is C21H26N2O5. The molecule has 1 unspecified atom stereocenters. The van der Waals surface area contributed by atoms with Crippen LogP contribution in [0.4, 0.5) is 0 Å². The highest BCUT2D eigenvalue weighted by atomic mass is 16.5. The number of methoxy groups -OCH3 is 1. The summed E-state index contributed by atoms with van der Waals surface area (Å²) in [6, 6.07) is 10.9. The Hall–Kier alpha value is -2.80. The van der Waals surface area contributed by atoms with Crippen LogP contribution in [0, 0.1) is 0 Å². The summed E-state index contributed by atoms with van der Waals surface area (Å²) >= 11 is 0. The third-order valence-corrected chi connectivity index (χ3v) is 4.72. The topological polar surface area (TPSA) is 81.0 Å². The molecule has 150 valence electrons. The van der Waals surface area contributed by atoms with Gasteiger partial charge in [0.2, 0.25) is 5.91 Å². The summed E-state index contributed by atoms with van der Waals surface area (Å²) in [6.45, 7) is 1.95. The zero-order chi connectivity index (χ0) is 19.8. The Morgan fingerprint density at radius 1 is 1.25 bits per heavy atom. The fourth-order valence-electron chi connectivity index (χ4n) is 3.26. The first kappa shape index (κ1) is 19.9. The highest BCUT2D eigenvalue weighted by Crippen LogP contribution is 2.21. The minimum absolute atomic E-state index is 0.0406. The predicted octanol–water partition coefficient (Wildman–Crippen LogP) is 2.62. The SMILES string of the molecule is COc1ccccc1CN(CC1CCCO1)C(=O)CCNC(=O)c1ccco1. The Balaban J connectivity index is 1.60. The second-order valence-corrected chi connectivity index (χ2v) is 6.70. The number of carbonyl (C=O) groups is 2. The summed E-state index contributed by atoms with van der Waals surface area (Å²) in [4.78, 5) is 26.6. The third kappa shape index (κ3) is 5.36. The van der Waals surface area contributed by atoms with Crippen LogP contribution in [-0.4, -0.2) is 49.6 Å². The summed E-state index contributed by atoms with van der Waals surface area (Å²) in [5, 5.41) is 2.71. The molecule has 1 N–H and O–H groups in total. The van der Waals surface area contributed by atoms with E-state index in [1.54, 1.807) is 24.1 Å². The van der Waals surface area contributed by atoms with Crippen LogP contribution < -0.4 is 10.1 Å². The van der Waals surface area contributed by atoms with Crippen LogP contribution in [0.1, 0.15) is 35.4 Å². The molecule has 1 fully saturated rings. The van der Waals surface area contributed by atoms with Gasteiger partial charge < -0.3 is 24.1 Å². The van der Waals surface area contributed by atoms with Gasteiger partial charge in [0.1, 0.15) is 5.75 Å². The van der Waals surface area contributed by atoms with E-state index in [1.807, 2.05) is 24.3 Å². The fraction of sp³-hybridized carbons (Fsp3) is 0.429. The fourth-order valence-corrected chi connectivity index (χ4v) is 3.26. The van der Waals surface area contributed by atoms with E-state index in [0.717, 1.165) is 30.8 Å². The molecular weight excluding hydrogens is 360 g/mol. The van der Waals surface area contributed by atoms with E-state index in [2.05, 4.69) is 5.32 Å². The second-order valence-electron chi connectivity index (χ2n) is 6.70. The van der Waals surface area contributed by atoms with E-state index in [-0.39, 0.29) is 36.6 Å². The van der Waals surface area contributed by atoms with Crippen molar-refractivity contribution in [3.63, 3.8) is 0 Å². The molecule has 1 atom stereocenters. The van der Waals surface area contributed by atoms with E-state index in [0.29, 0.717) is 13.1 Å². The van der Waals surface area contributed by atoms with Crippen molar-refractivity contribution in [3.8, 4) is 5.75 Å². The summed E-state index contributed by atoms with van der Waals surface area (Å²) in [5.74, 6) is 0.616. The lowest BCUT2D eigenvalue weighted by molar-refractivity contribution is -0.133. The monoisotopic (exact) mass is 386 g/mol. The van der Waals surface area contributed by atoms with Crippen LogP contribution in [-0.2, 0) is 16.1 Å². The molecule has 2 heterocycles. The molecule has 7 heteroatoms. The standard InChI is InChI=1S/C21H26N2O5/c1-26-18-8-3-2-6-16(18)14-23(15-17-7-4-12-27-17)20(24)10-11-22-21(25)19-9-5-13-28-19/h2-3,5-6,8-9,13,17H,4,7,10-12,14-15H2,1H3,(H,22,25). The van der Waals surface area contributed by atoms with Gasteiger partial charge in [0.25, 0.3) is 5.91 Å². The maximum Gasteiger partial charge on any atom is 0.286 e. The van der Waals surface area contributed by atoms with Gasteiger partial charge in [-0.1, -0.05) is 18.2 Å². The maximum atomic E-state index is 12.9. The van der Waals surface area contributed by atoms with Crippen LogP contribution in [0.3, 0.4) is 0 Å². The molecule has 28 heavy (non-hydrogen) atoms. The molecule has 1 aromatic carbocycles. The molecule has 1 aliphatic heterocycles. The van der Waals surface area contributed by atoms with Crippen molar-refractivity contribution in [2.45, 2.75) is 31.9 Å². The van der Waals surface area contributed by atoms with E-state index in [9.17, 15) is 9.59 Å². The molecule has 2 amide bonds. The van der Waals surface area contributed by atoms with Crippen molar-refractivity contribution >= 4 is 11.8 Å². The molecule has 2 aromatic rings. The minimum Gasteiger partial charge on any atom is -0.496 e. The smallest absolute Gasteiger partial charge is 0.286 e. The zero-order valence-electron chi connectivity index (χ0n) is 16.1. The van der Waals surface area contributed by atoms with Gasteiger partial charge in [-0.05, 0) is 31.0 Å². The number of furan rings is 1. The molecule has 0 saturated carbocycles. The number of amides is 2. The molecule has 0 bridgehead atoms. The van der Waals surface area contributed by atoms with Gasteiger partial charge >= 0.3 is 0 Å². The molecule has 0 aliphatic carbocycles. The summed E-state index contributed by atoms with van der Waals surface area (Å²) in [5.41, 5.74) is 0.941. The van der Waals surface area contributed by atoms with Gasteiger partial charge in [-0.15, -0.1) is 0 Å². The lowest BCUT2D eigenvalue weighted by atomic mass is 10.1. The van der Waals surface area contributed by atoms with Gasteiger partial charge in [0, 0.05) is 38.2 Å². The first-order chi connectivity index (χ1) is 13.7. The zero-order valence-corrected chi connectivity index (χ0v) is 16.1. The van der Waals surface area contributed by atoms with Crippen LogP contribution in [0.5, 0.6) is 5.75 Å². The lowest BCUT2D eigenvalue weighted by Gasteiger charge is -2.26. The Bertz CT molecular complexity index is 769. The quantitative estimate of drug-likeness (QED) is 0.717. The van der Waals surface area contributed by atoms with Gasteiger partial charge in [0.15, 0.2) is 5.76 Å². The molecule has 3 rings (SSSR count). The van der Waals surface area contributed by atoms with Gasteiger partial charge in [-0.3, -0.25) is 9.59 Å². The number of para-hydroxylation sites is 1. The molecule has 0 radical (unpaired) electrons. The number of rotatable bonds is 9. The average molecular weight is 386 g/mol. The molecule has 1 aromatic heterocycles. The van der Waals surface area contributed by atoms with E-state index in [4.69, 9.17) is 13.9 Å². The molecule has 1 aliphatic rings. The van der Waals surface area contributed by atoms with Crippen molar-refractivity contribution in [1.29, 1.82) is 0 Å². The normalized spacial score (nSPS) is 16.0. The van der Waals surface area contributed by atoms with Gasteiger partial charge in [-0.2, -0.15) is 0 Å². The largest absolute Gasteiger partial charge is 0.496 e. The summed E-state index contributed by atoms with van der Waals surface area (Å²) in [6.07, 6.45) is 3.66. The number of ether oxygens (including phenoxy) is 2. The Morgan fingerprint density at radius 3 is 2.82 bits per heavy atom. The van der Waals surface area contributed by atoms with E-state index in [1.165, 1.54) is 6.26 Å². The number of hydrogen-bond acceptors (Lipinski definition) is 5. The predicted molar refractivity (Wildman–Crippen MR) is 103 cm³/mol. The average Bonchev–Trinajstić information content (AvgIpc) is 3.42. The molecule has 7 nitrogen and oxygen atoms in total. The number of benzene rings is 1. The van der Waals surface area contributed by atoms with Crippen LogP contribution in [0.25, 0.3) is 0 Å². The summed E-state index contributed by atoms with van der Waals surface area (Å²) < 4.78 is 16.2. The van der Waals surface area contributed by atoms with Crippen molar-refractivity contribution in [1.82, 2.24) is 10.2 Å². The van der Waals surface area contributed by atoms with Crippen molar-refractivity contribution in [3.05, 3.63) is 54.0 Å². The summed E-state index contributed by atoms with van der Waals surface area (Å²) in [7, 11) is 1.62. The van der Waals surface area contributed by atoms with Crippen LogP contribution in [0.15, 0.2) is 47.1 Å². The van der Waals surface area contributed by atoms with E-state index < -0.39 is 0 Å². The minimum atomic E-state index is -0.326. The van der Waals surface area contributed by atoms with Crippen molar-refractivity contribution < 1.29 is 23.5 Å². The third-order valence-electron chi connectivity index (χ3n) is 4.72.